The Morgan fingerprint density at radius 2 is 2.20 bits per heavy atom. The fourth-order valence-corrected chi connectivity index (χ4v) is 3.51. The van der Waals surface area contributed by atoms with Crippen LogP contribution in [0.4, 0.5) is 0 Å². The predicted octanol–water partition coefficient (Wildman–Crippen LogP) is 2.40. The zero-order chi connectivity index (χ0) is 10.4. The summed E-state index contributed by atoms with van der Waals surface area (Å²) in [6.07, 6.45) is 2.33. The van der Waals surface area contributed by atoms with Gasteiger partial charge in [-0.3, -0.25) is 0 Å². The summed E-state index contributed by atoms with van der Waals surface area (Å²) in [6.45, 7) is 2.25. The maximum Gasteiger partial charge on any atom is 0.130 e. The number of halogens is 1. The molecule has 0 radical (unpaired) electrons. The molecule has 15 heavy (non-hydrogen) atoms. The van der Waals surface area contributed by atoms with E-state index in [9.17, 15) is 5.11 Å². The molecular formula is C12H14BrNO. The Balaban J connectivity index is 2.11. The lowest BCUT2D eigenvalue weighted by Crippen LogP contribution is -2.19. The highest BCUT2D eigenvalue weighted by Crippen LogP contribution is 2.43. The molecule has 1 aliphatic carbocycles. The fourth-order valence-electron chi connectivity index (χ4n) is 2.96. The van der Waals surface area contributed by atoms with Crippen molar-refractivity contribution in [2.24, 2.45) is 5.92 Å². The van der Waals surface area contributed by atoms with Crippen LogP contribution in [0.25, 0.3) is 0 Å². The van der Waals surface area contributed by atoms with Gasteiger partial charge in [-0.05, 0) is 58.4 Å². The number of fused-ring (bicyclic) bond motifs is 3. The third-order valence-corrected chi connectivity index (χ3v) is 4.65. The van der Waals surface area contributed by atoms with Gasteiger partial charge in [0, 0.05) is 12.5 Å². The average Bonchev–Trinajstić information content (AvgIpc) is 2.71. The maximum atomic E-state index is 9.65. The highest BCUT2D eigenvalue weighted by Gasteiger charge is 2.34. The molecule has 2 nitrogen and oxygen atoms in total. The van der Waals surface area contributed by atoms with Crippen molar-refractivity contribution >= 4 is 15.9 Å². The van der Waals surface area contributed by atoms with E-state index >= 15 is 0 Å². The smallest absolute Gasteiger partial charge is 0.130 e. The van der Waals surface area contributed by atoms with E-state index in [1.165, 1.54) is 17.5 Å². The van der Waals surface area contributed by atoms with Crippen LogP contribution in [0, 0.1) is 5.92 Å². The minimum absolute atomic E-state index is 0.373. The molecule has 0 bridgehead atoms. The van der Waals surface area contributed by atoms with Gasteiger partial charge in [-0.2, -0.15) is 0 Å². The highest BCUT2D eigenvalue weighted by molar-refractivity contribution is 9.10. The molecule has 1 aliphatic heterocycles. The Kier molecular flexibility index (Phi) is 2.25. The van der Waals surface area contributed by atoms with Crippen molar-refractivity contribution in [3.8, 4) is 5.75 Å². The van der Waals surface area contributed by atoms with Gasteiger partial charge in [0.2, 0.25) is 0 Å². The number of aromatic hydroxyl groups is 1. The lowest BCUT2D eigenvalue weighted by molar-refractivity contribution is 0.440. The Hall–Kier alpha value is -0.540. The average molecular weight is 268 g/mol. The summed E-state index contributed by atoms with van der Waals surface area (Å²) >= 11 is 3.49. The van der Waals surface area contributed by atoms with Crippen molar-refractivity contribution in [2.45, 2.75) is 18.8 Å². The Morgan fingerprint density at radius 1 is 1.33 bits per heavy atom. The molecule has 3 heteroatoms. The molecule has 1 heterocycles. The number of phenols is 1. The Labute approximate surface area is 97.8 Å². The monoisotopic (exact) mass is 267 g/mol. The highest BCUT2D eigenvalue weighted by atomic mass is 79.9. The van der Waals surface area contributed by atoms with Crippen molar-refractivity contribution in [3.05, 3.63) is 27.7 Å². The summed E-state index contributed by atoms with van der Waals surface area (Å²) in [4.78, 5) is 0. The van der Waals surface area contributed by atoms with Crippen LogP contribution < -0.4 is 5.32 Å². The molecule has 1 saturated heterocycles. The third kappa shape index (κ3) is 1.41. The van der Waals surface area contributed by atoms with Gasteiger partial charge in [0.1, 0.15) is 5.75 Å². The van der Waals surface area contributed by atoms with E-state index in [0.717, 1.165) is 29.9 Å². The first-order chi connectivity index (χ1) is 7.27. The molecule has 1 aromatic carbocycles. The van der Waals surface area contributed by atoms with E-state index in [-0.39, 0.29) is 0 Å². The van der Waals surface area contributed by atoms with Gasteiger partial charge in [-0.25, -0.2) is 0 Å². The van der Waals surface area contributed by atoms with Crippen LogP contribution in [0.1, 0.15) is 23.5 Å². The molecule has 2 N–H and O–H groups in total. The first-order valence-electron chi connectivity index (χ1n) is 5.48. The molecule has 2 aliphatic rings. The van der Waals surface area contributed by atoms with E-state index in [0.29, 0.717) is 11.7 Å². The van der Waals surface area contributed by atoms with E-state index in [4.69, 9.17) is 0 Å². The zero-order valence-corrected chi connectivity index (χ0v) is 10.0. The number of benzene rings is 1. The summed E-state index contributed by atoms with van der Waals surface area (Å²) in [7, 11) is 0. The lowest BCUT2D eigenvalue weighted by atomic mass is 9.77. The van der Waals surface area contributed by atoms with Gasteiger partial charge >= 0.3 is 0 Å². The lowest BCUT2D eigenvalue weighted by Gasteiger charge is -2.28. The third-order valence-electron chi connectivity index (χ3n) is 3.76. The number of hydrogen-bond donors (Lipinski definition) is 2. The molecule has 0 saturated carbocycles. The first kappa shape index (κ1) is 9.67. The Morgan fingerprint density at radius 3 is 3.07 bits per heavy atom. The van der Waals surface area contributed by atoms with Crippen molar-refractivity contribution in [2.75, 3.05) is 13.1 Å². The van der Waals surface area contributed by atoms with Crippen molar-refractivity contribution < 1.29 is 5.11 Å². The Bertz CT molecular complexity index is 405. The van der Waals surface area contributed by atoms with Crippen molar-refractivity contribution in [3.63, 3.8) is 0 Å². The molecular weight excluding hydrogens is 254 g/mol. The van der Waals surface area contributed by atoms with Crippen LogP contribution >= 0.6 is 15.9 Å². The normalized spacial score (nSPS) is 28.6. The second-order valence-electron chi connectivity index (χ2n) is 4.53. The molecule has 0 spiro atoms. The molecule has 2 atom stereocenters. The van der Waals surface area contributed by atoms with Crippen LogP contribution in [0.2, 0.25) is 0 Å². The molecule has 3 rings (SSSR count). The summed E-state index contributed by atoms with van der Waals surface area (Å²) in [6, 6.07) is 3.91. The second-order valence-corrected chi connectivity index (χ2v) is 5.32. The quantitative estimate of drug-likeness (QED) is 0.757. The van der Waals surface area contributed by atoms with Gasteiger partial charge < -0.3 is 10.4 Å². The van der Waals surface area contributed by atoms with E-state index in [2.05, 4.69) is 27.3 Å². The van der Waals surface area contributed by atoms with Crippen LogP contribution in [0.3, 0.4) is 0 Å². The minimum Gasteiger partial charge on any atom is -0.507 e. The summed E-state index contributed by atoms with van der Waals surface area (Å²) in [5.41, 5.74) is 2.75. The van der Waals surface area contributed by atoms with Crippen LogP contribution in [-0.4, -0.2) is 18.2 Å². The van der Waals surface area contributed by atoms with Gasteiger partial charge in [-0.15, -0.1) is 0 Å². The maximum absolute atomic E-state index is 9.65. The zero-order valence-electron chi connectivity index (χ0n) is 8.46. The summed E-state index contributed by atoms with van der Waals surface area (Å²) in [5.74, 6) is 1.83. The van der Waals surface area contributed by atoms with Gasteiger partial charge in [0.25, 0.3) is 0 Å². The second kappa shape index (κ2) is 3.49. The topological polar surface area (TPSA) is 32.3 Å². The van der Waals surface area contributed by atoms with Gasteiger partial charge in [0.15, 0.2) is 0 Å². The molecule has 0 amide bonds. The van der Waals surface area contributed by atoms with E-state index in [1.807, 2.05) is 6.07 Å². The minimum atomic E-state index is 0.373. The van der Waals surface area contributed by atoms with Crippen LogP contribution in [-0.2, 0) is 6.42 Å². The van der Waals surface area contributed by atoms with E-state index in [1.54, 1.807) is 0 Å². The first-order valence-corrected chi connectivity index (χ1v) is 6.27. The number of phenolic OH excluding ortho intramolecular Hbond substituents is 1. The SMILES string of the molecule is Oc1ccc2c(c1Br)CCC1CNCC21. The summed E-state index contributed by atoms with van der Waals surface area (Å²) in [5, 5.41) is 13.1. The van der Waals surface area contributed by atoms with Crippen molar-refractivity contribution in [1.82, 2.24) is 5.32 Å². The fraction of sp³-hybridized carbons (Fsp3) is 0.500. The molecule has 2 unspecified atom stereocenters. The van der Waals surface area contributed by atoms with Crippen molar-refractivity contribution in [1.29, 1.82) is 0 Å². The van der Waals surface area contributed by atoms with Crippen LogP contribution in [0.15, 0.2) is 16.6 Å². The van der Waals surface area contributed by atoms with E-state index < -0.39 is 0 Å². The molecule has 0 aromatic heterocycles. The number of rotatable bonds is 0. The predicted molar refractivity (Wildman–Crippen MR) is 63.2 cm³/mol. The number of nitrogens with one attached hydrogen (secondary N) is 1. The molecule has 1 fully saturated rings. The van der Waals surface area contributed by atoms with Gasteiger partial charge in [-0.1, -0.05) is 6.07 Å². The van der Waals surface area contributed by atoms with Crippen LogP contribution in [0.5, 0.6) is 5.75 Å². The molecule has 1 aromatic rings. The standard InChI is InChI=1S/C12H14BrNO/c13-12-9-2-1-7-5-14-6-10(7)8(9)3-4-11(12)15/h3-4,7,10,14-15H,1-2,5-6H2. The largest absolute Gasteiger partial charge is 0.507 e. The number of hydrogen-bond acceptors (Lipinski definition) is 2. The molecule has 80 valence electrons. The van der Waals surface area contributed by atoms with Gasteiger partial charge in [0.05, 0.1) is 4.47 Å². The summed E-state index contributed by atoms with van der Waals surface area (Å²) < 4.78 is 0.908.